The first-order chi connectivity index (χ1) is 9.92. The molecule has 21 heavy (non-hydrogen) atoms. The first-order valence-corrected chi connectivity index (χ1v) is 8.00. The Labute approximate surface area is 123 Å². The fourth-order valence-corrected chi connectivity index (χ4v) is 2.87. The Morgan fingerprint density at radius 3 is 2.62 bits per heavy atom. The smallest absolute Gasteiger partial charge is 0.289 e. The van der Waals surface area contributed by atoms with Gasteiger partial charge in [-0.15, -0.1) is 0 Å². The number of benzene rings is 1. The van der Waals surface area contributed by atoms with Crippen LogP contribution in [-0.4, -0.2) is 39.6 Å². The molecular formula is C12H19N3O5S. The zero-order valence-corrected chi connectivity index (χ0v) is 12.8. The normalized spacial score (nSPS) is 11.3. The van der Waals surface area contributed by atoms with Gasteiger partial charge in [0, 0.05) is 31.5 Å². The quantitative estimate of drug-likeness (QED) is 0.404. The summed E-state index contributed by atoms with van der Waals surface area (Å²) >= 11 is 0. The lowest BCUT2D eigenvalue weighted by Crippen LogP contribution is -2.28. The topological polar surface area (TPSA) is 111 Å². The summed E-state index contributed by atoms with van der Waals surface area (Å²) in [6, 6.07) is 3.90. The van der Waals surface area contributed by atoms with E-state index in [1.807, 2.05) is 6.92 Å². The van der Waals surface area contributed by atoms with E-state index in [0.717, 1.165) is 0 Å². The first-order valence-electron chi connectivity index (χ1n) is 6.52. The average Bonchev–Trinajstić information content (AvgIpc) is 2.44. The number of nitrogens with one attached hydrogen (secondary N) is 2. The van der Waals surface area contributed by atoms with Gasteiger partial charge in [0.05, 0.1) is 11.5 Å². The van der Waals surface area contributed by atoms with Gasteiger partial charge in [0.1, 0.15) is 0 Å². The summed E-state index contributed by atoms with van der Waals surface area (Å²) in [7, 11) is -3.97. The minimum absolute atomic E-state index is 0.0543. The van der Waals surface area contributed by atoms with Gasteiger partial charge in [0.2, 0.25) is 10.0 Å². The molecule has 2 N–H and O–H groups in total. The molecule has 0 radical (unpaired) electrons. The van der Waals surface area contributed by atoms with Crippen LogP contribution in [0.15, 0.2) is 23.1 Å². The first kappa shape index (κ1) is 17.3. The van der Waals surface area contributed by atoms with Crippen molar-refractivity contribution in [1.82, 2.24) is 4.72 Å². The Hall–Kier alpha value is -1.71. The zero-order valence-electron chi connectivity index (χ0n) is 12.0. The summed E-state index contributed by atoms with van der Waals surface area (Å²) in [6.07, 6.45) is 0. The molecule has 0 atom stereocenters. The van der Waals surface area contributed by atoms with Gasteiger partial charge >= 0.3 is 0 Å². The van der Waals surface area contributed by atoms with Gasteiger partial charge in [0.15, 0.2) is 4.90 Å². The van der Waals surface area contributed by atoms with Gasteiger partial charge in [-0.25, -0.2) is 13.1 Å². The van der Waals surface area contributed by atoms with Gasteiger partial charge in [-0.05, 0) is 26.0 Å². The van der Waals surface area contributed by atoms with Crippen molar-refractivity contribution in [3.05, 3.63) is 28.3 Å². The van der Waals surface area contributed by atoms with E-state index in [9.17, 15) is 18.5 Å². The summed E-state index contributed by atoms with van der Waals surface area (Å²) in [5.74, 6) is 0. The lowest BCUT2D eigenvalue weighted by Gasteiger charge is -2.09. The third-order valence-electron chi connectivity index (χ3n) is 2.57. The molecule has 1 rings (SSSR count). The molecule has 0 saturated carbocycles. The number of nitrogens with zero attached hydrogens (tertiary/aromatic N) is 1. The number of rotatable bonds is 9. The summed E-state index contributed by atoms with van der Waals surface area (Å²) in [4.78, 5) is 9.91. The highest BCUT2D eigenvalue weighted by molar-refractivity contribution is 7.89. The number of anilines is 1. The second-order valence-electron chi connectivity index (χ2n) is 4.06. The van der Waals surface area contributed by atoms with Crippen molar-refractivity contribution in [2.45, 2.75) is 18.7 Å². The maximum atomic E-state index is 12.2. The van der Waals surface area contributed by atoms with Crippen molar-refractivity contribution in [1.29, 1.82) is 0 Å². The minimum atomic E-state index is -3.97. The van der Waals surface area contributed by atoms with Crippen LogP contribution >= 0.6 is 0 Å². The van der Waals surface area contributed by atoms with E-state index < -0.39 is 20.6 Å². The Balaban J connectivity index is 3.06. The Bertz CT molecular complexity index is 589. The summed E-state index contributed by atoms with van der Waals surface area (Å²) in [6.45, 7) is 4.94. The van der Waals surface area contributed by atoms with Crippen molar-refractivity contribution >= 4 is 21.4 Å². The Morgan fingerprint density at radius 1 is 1.33 bits per heavy atom. The molecule has 1 aromatic carbocycles. The lowest BCUT2D eigenvalue weighted by molar-refractivity contribution is -0.387. The fraction of sp³-hybridized carbons (Fsp3) is 0.500. The molecule has 0 spiro atoms. The van der Waals surface area contributed by atoms with Gasteiger partial charge in [-0.3, -0.25) is 10.1 Å². The van der Waals surface area contributed by atoms with E-state index in [1.165, 1.54) is 18.2 Å². The molecule has 0 heterocycles. The van der Waals surface area contributed by atoms with E-state index >= 15 is 0 Å². The highest BCUT2D eigenvalue weighted by Crippen LogP contribution is 2.26. The van der Waals surface area contributed by atoms with Crippen LogP contribution in [-0.2, 0) is 14.8 Å². The third kappa shape index (κ3) is 4.96. The number of ether oxygens (including phenoxy) is 1. The van der Waals surface area contributed by atoms with E-state index in [2.05, 4.69) is 10.0 Å². The number of hydrogen-bond acceptors (Lipinski definition) is 6. The Kier molecular flexibility index (Phi) is 6.53. The summed E-state index contributed by atoms with van der Waals surface area (Å²) in [5, 5.41) is 13.9. The molecule has 0 aliphatic rings. The Morgan fingerprint density at radius 2 is 2.05 bits per heavy atom. The van der Waals surface area contributed by atoms with Crippen LogP contribution in [0.4, 0.5) is 11.4 Å². The van der Waals surface area contributed by atoms with Gasteiger partial charge in [0.25, 0.3) is 5.69 Å². The second-order valence-corrected chi connectivity index (χ2v) is 5.80. The van der Waals surface area contributed by atoms with Crippen molar-refractivity contribution in [2.24, 2.45) is 0 Å². The van der Waals surface area contributed by atoms with E-state index in [0.29, 0.717) is 18.8 Å². The van der Waals surface area contributed by atoms with Crippen molar-refractivity contribution < 1.29 is 18.1 Å². The maximum Gasteiger partial charge on any atom is 0.289 e. The second kappa shape index (κ2) is 7.91. The van der Waals surface area contributed by atoms with Crippen LogP contribution in [0.1, 0.15) is 13.8 Å². The molecule has 1 aromatic rings. The minimum Gasteiger partial charge on any atom is -0.385 e. The van der Waals surface area contributed by atoms with E-state index in [4.69, 9.17) is 4.74 Å². The summed E-state index contributed by atoms with van der Waals surface area (Å²) in [5.41, 5.74) is 0.0499. The number of nitro benzene ring substituents is 1. The SMILES string of the molecule is CCNc1ccc([N+](=O)[O-])c(S(=O)(=O)NCCOCC)c1. The van der Waals surface area contributed by atoms with Crippen molar-refractivity contribution in [3.63, 3.8) is 0 Å². The maximum absolute atomic E-state index is 12.2. The molecule has 0 bridgehead atoms. The molecule has 0 fully saturated rings. The van der Waals surface area contributed by atoms with Gasteiger partial charge in [-0.1, -0.05) is 0 Å². The number of nitro groups is 1. The average molecular weight is 317 g/mol. The summed E-state index contributed by atoms with van der Waals surface area (Å²) < 4.78 is 31.7. The van der Waals surface area contributed by atoms with Crippen LogP contribution < -0.4 is 10.0 Å². The van der Waals surface area contributed by atoms with E-state index in [-0.39, 0.29) is 18.0 Å². The molecular weight excluding hydrogens is 298 g/mol. The monoisotopic (exact) mass is 317 g/mol. The van der Waals surface area contributed by atoms with Crippen LogP contribution in [0.2, 0.25) is 0 Å². The molecule has 0 aliphatic carbocycles. The molecule has 0 amide bonds. The molecule has 0 aliphatic heterocycles. The predicted molar refractivity (Wildman–Crippen MR) is 78.9 cm³/mol. The number of hydrogen-bond donors (Lipinski definition) is 2. The lowest BCUT2D eigenvalue weighted by atomic mass is 10.3. The molecule has 8 nitrogen and oxygen atoms in total. The van der Waals surface area contributed by atoms with Gasteiger partial charge < -0.3 is 10.1 Å². The standard InChI is InChI=1S/C12H19N3O5S/c1-3-13-10-5-6-11(15(16)17)12(9-10)21(18,19)14-7-8-20-4-2/h5-6,9,13-14H,3-4,7-8H2,1-2H3. The van der Waals surface area contributed by atoms with Crippen molar-refractivity contribution in [3.8, 4) is 0 Å². The van der Waals surface area contributed by atoms with Crippen LogP contribution in [0.5, 0.6) is 0 Å². The van der Waals surface area contributed by atoms with E-state index in [1.54, 1.807) is 6.92 Å². The largest absolute Gasteiger partial charge is 0.385 e. The highest BCUT2D eigenvalue weighted by atomic mass is 32.2. The molecule has 9 heteroatoms. The molecule has 0 saturated heterocycles. The highest BCUT2D eigenvalue weighted by Gasteiger charge is 2.25. The van der Waals surface area contributed by atoms with Crippen LogP contribution in [0.3, 0.4) is 0 Å². The fourth-order valence-electron chi connectivity index (χ4n) is 1.66. The van der Waals surface area contributed by atoms with Crippen LogP contribution in [0, 0.1) is 10.1 Å². The zero-order chi connectivity index (χ0) is 15.9. The van der Waals surface area contributed by atoms with Crippen molar-refractivity contribution in [2.75, 3.05) is 31.6 Å². The molecule has 118 valence electrons. The molecule has 0 unspecified atom stereocenters. The molecule has 0 aromatic heterocycles. The third-order valence-corrected chi connectivity index (χ3v) is 4.06. The predicted octanol–water partition coefficient (Wildman–Crippen LogP) is 1.34. The van der Waals surface area contributed by atoms with Gasteiger partial charge in [-0.2, -0.15) is 0 Å². The van der Waals surface area contributed by atoms with Crippen LogP contribution in [0.25, 0.3) is 0 Å². The number of sulfonamides is 1.